The highest BCUT2D eigenvalue weighted by atomic mass is 35.5. The Morgan fingerprint density at radius 2 is 1.93 bits per heavy atom. The number of halogens is 2. The molecule has 0 unspecified atom stereocenters. The van der Waals surface area contributed by atoms with Gasteiger partial charge in [-0.05, 0) is 19.1 Å². The van der Waals surface area contributed by atoms with E-state index in [0.29, 0.717) is 34.5 Å². The van der Waals surface area contributed by atoms with Gasteiger partial charge in [0.1, 0.15) is 0 Å². The fraction of sp³-hybridized carbons (Fsp3) is 0.273. The molecule has 80 valence electrons. The molecule has 0 radical (unpaired) electrons. The summed E-state index contributed by atoms with van der Waals surface area (Å²) in [5.41, 5.74) is 6.08. The molecule has 0 aromatic heterocycles. The van der Waals surface area contributed by atoms with Gasteiger partial charge >= 0.3 is 0 Å². The van der Waals surface area contributed by atoms with Crippen molar-refractivity contribution < 1.29 is 4.74 Å². The molecule has 0 fully saturated rings. The minimum absolute atomic E-state index is 0.421. The minimum Gasteiger partial charge on any atom is -0.489 e. The van der Waals surface area contributed by atoms with Crippen LogP contribution in [0.3, 0.4) is 0 Å². The fourth-order valence-corrected chi connectivity index (χ4v) is 1.66. The van der Waals surface area contributed by atoms with Gasteiger partial charge in [-0.15, -0.1) is 11.8 Å². The normalized spacial score (nSPS) is 9.27. The molecule has 0 bridgehead atoms. The van der Waals surface area contributed by atoms with Crippen molar-refractivity contribution in [2.24, 2.45) is 0 Å². The highest BCUT2D eigenvalue weighted by molar-refractivity contribution is 6.37. The lowest BCUT2D eigenvalue weighted by Crippen LogP contribution is -1.98. The molecular weight excluding hydrogens is 233 g/mol. The second kappa shape index (κ2) is 5.75. The van der Waals surface area contributed by atoms with Crippen LogP contribution in [0.15, 0.2) is 12.1 Å². The molecule has 2 N–H and O–H groups in total. The maximum atomic E-state index is 5.92. The molecule has 0 saturated carbocycles. The molecule has 2 nitrogen and oxygen atoms in total. The molecule has 1 aromatic rings. The SMILES string of the molecule is CC#CCCOc1c(Cl)cc(N)cc1Cl. The van der Waals surface area contributed by atoms with Gasteiger partial charge in [-0.3, -0.25) is 0 Å². The van der Waals surface area contributed by atoms with Crippen LogP contribution in [0, 0.1) is 11.8 Å². The molecule has 4 heteroatoms. The van der Waals surface area contributed by atoms with Crippen LogP contribution in [0.5, 0.6) is 5.75 Å². The monoisotopic (exact) mass is 243 g/mol. The topological polar surface area (TPSA) is 35.2 Å². The zero-order valence-electron chi connectivity index (χ0n) is 8.31. The summed E-state index contributed by atoms with van der Waals surface area (Å²) >= 11 is 11.8. The van der Waals surface area contributed by atoms with Crippen LogP contribution in [0.2, 0.25) is 10.0 Å². The first-order valence-corrected chi connectivity index (χ1v) is 5.17. The molecule has 0 aliphatic rings. The number of benzene rings is 1. The third kappa shape index (κ3) is 3.54. The summed E-state index contributed by atoms with van der Waals surface area (Å²) in [6.45, 7) is 2.24. The van der Waals surface area contributed by atoms with E-state index in [0.717, 1.165) is 0 Å². The Bertz CT molecular complexity index is 384. The Balaban J connectivity index is 2.71. The van der Waals surface area contributed by atoms with Crippen LogP contribution in [0.25, 0.3) is 0 Å². The lowest BCUT2D eigenvalue weighted by atomic mass is 10.3. The van der Waals surface area contributed by atoms with Crippen molar-refractivity contribution >= 4 is 28.9 Å². The average Bonchev–Trinajstić information content (AvgIpc) is 2.15. The van der Waals surface area contributed by atoms with Crippen LogP contribution in [-0.2, 0) is 0 Å². The minimum atomic E-state index is 0.421. The van der Waals surface area contributed by atoms with Crippen molar-refractivity contribution in [1.82, 2.24) is 0 Å². The number of hydrogen-bond donors (Lipinski definition) is 1. The summed E-state index contributed by atoms with van der Waals surface area (Å²) in [5, 5.41) is 0.842. The predicted octanol–water partition coefficient (Wildman–Crippen LogP) is 3.37. The summed E-state index contributed by atoms with van der Waals surface area (Å²) in [6, 6.07) is 3.21. The van der Waals surface area contributed by atoms with Crippen LogP contribution in [0.1, 0.15) is 13.3 Å². The van der Waals surface area contributed by atoms with Crippen LogP contribution < -0.4 is 10.5 Å². The Kier molecular flexibility index (Phi) is 4.61. The van der Waals surface area contributed by atoms with Gasteiger partial charge in [0, 0.05) is 12.1 Å². The van der Waals surface area contributed by atoms with E-state index >= 15 is 0 Å². The number of nitrogen functional groups attached to an aromatic ring is 1. The van der Waals surface area contributed by atoms with Gasteiger partial charge in [0.05, 0.1) is 16.7 Å². The first-order chi connectivity index (χ1) is 7.15. The lowest BCUT2D eigenvalue weighted by molar-refractivity contribution is 0.327. The maximum absolute atomic E-state index is 5.92. The van der Waals surface area contributed by atoms with Crippen molar-refractivity contribution in [1.29, 1.82) is 0 Å². The fourth-order valence-electron chi connectivity index (χ4n) is 1.05. The Morgan fingerprint density at radius 3 is 2.47 bits per heavy atom. The zero-order chi connectivity index (χ0) is 11.3. The first kappa shape index (κ1) is 12.0. The highest BCUT2D eigenvalue weighted by Gasteiger charge is 2.07. The van der Waals surface area contributed by atoms with Crippen molar-refractivity contribution in [3.63, 3.8) is 0 Å². The zero-order valence-corrected chi connectivity index (χ0v) is 9.82. The van der Waals surface area contributed by atoms with Gasteiger partial charge in [0.2, 0.25) is 0 Å². The molecule has 1 aromatic carbocycles. The molecule has 0 aliphatic carbocycles. The first-order valence-electron chi connectivity index (χ1n) is 4.42. The molecule has 0 heterocycles. The Hall–Kier alpha value is -1.04. The molecule has 0 atom stereocenters. The van der Waals surface area contributed by atoms with Crippen LogP contribution in [0.4, 0.5) is 5.69 Å². The van der Waals surface area contributed by atoms with Gasteiger partial charge in [0.25, 0.3) is 0 Å². The van der Waals surface area contributed by atoms with Crippen molar-refractivity contribution in [3.8, 4) is 17.6 Å². The molecule has 1 rings (SSSR count). The molecular formula is C11H11Cl2NO. The third-order valence-corrected chi connectivity index (χ3v) is 2.23. The van der Waals surface area contributed by atoms with E-state index in [2.05, 4.69) is 11.8 Å². The summed E-state index contributed by atoms with van der Waals surface area (Å²) in [6.07, 6.45) is 0.646. The number of hydrogen-bond acceptors (Lipinski definition) is 2. The van der Waals surface area contributed by atoms with Crippen molar-refractivity contribution in [3.05, 3.63) is 22.2 Å². The molecule has 0 aliphatic heterocycles. The standard InChI is InChI=1S/C11H11Cl2NO/c1-2-3-4-5-15-11-9(12)6-8(14)7-10(11)13/h6-7H,4-5,14H2,1H3. The summed E-state index contributed by atoms with van der Waals surface area (Å²) in [5.74, 6) is 6.12. The van der Waals surface area contributed by atoms with E-state index in [-0.39, 0.29) is 0 Å². The van der Waals surface area contributed by atoms with Gasteiger partial charge in [0.15, 0.2) is 5.75 Å². The number of rotatable bonds is 3. The van der Waals surface area contributed by atoms with Gasteiger partial charge in [-0.25, -0.2) is 0 Å². The van der Waals surface area contributed by atoms with Crippen LogP contribution in [-0.4, -0.2) is 6.61 Å². The second-order valence-corrected chi connectivity index (χ2v) is 3.65. The molecule has 0 spiro atoms. The largest absolute Gasteiger partial charge is 0.489 e. The van der Waals surface area contributed by atoms with Crippen molar-refractivity contribution in [2.45, 2.75) is 13.3 Å². The molecule has 0 amide bonds. The highest BCUT2D eigenvalue weighted by Crippen LogP contribution is 2.34. The van der Waals surface area contributed by atoms with E-state index in [1.165, 1.54) is 0 Å². The van der Waals surface area contributed by atoms with Gasteiger partial charge in [-0.2, -0.15) is 0 Å². The summed E-state index contributed by atoms with van der Waals surface area (Å²) in [7, 11) is 0. The van der Waals surface area contributed by atoms with Gasteiger partial charge < -0.3 is 10.5 Å². The average molecular weight is 244 g/mol. The number of nitrogens with two attached hydrogens (primary N) is 1. The van der Waals surface area contributed by atoms with Crippen molar-refractivity contribution in [2.75, 3.05) is 12.3 Å². The molecule has 15 heavy (non-hydrogen) atoms. The van der Waals surface area contributed by atoms with E-state index in [4.69, 9.17) is 33.7 Å². The lowest BCUT2D eigenvalue weighted by Gasteiger charge is -2.09. The second-order valence-electron chi connectivity index (χ2n) is 2.84. The van der Waals surface area contributed by atoms with E-state index in [1.807, 2.05) is 0 Å². The quantitative estimate of drug-likeness (QED) is 0.502. The summed E-state index contributed by atoms with van der Waals surface area (Å²) < 4.78 is 5.40. The Morgan fingerprint density at radius 1 is 1.33 bits per heavy atom. The predicted molar refractivity (Wildman–Crippen MR) is 64.4 cm³/mol. The number of ether oxygens (including phenoxy) is 1. The van der Waals surface area contributed by atoms with E-state index < -0.39 is 0 Å². The Labute approximate surface area is 99.3 Å². The molecule has 0 saturated heterocycles. The smallest absolute Gasteiger partial charge is 0.156 e. The summed E-state index contributed by atoms with van der Waals surface area (Å²) in [4.78, 5) is 0. The van der Waals surface area contributed by atoms with Crippen LogP contribution >= 0.6 is 23.2 Å². The maximum Gasteiger partial charge on any atom is 0.156 e. The van der Waals surface area contributed by atoms with E-state index in [9.17, 15) is 0 Å². The van der Waals surface area contributed by atoms with Gasteiger partial charge in [-0.1, -0.05) is 23.2 Å². The number of anilines is 1. The third-order valence-electron chi connectivity index (χ3n) is 1.67. The van der Waals surface area contributed by atoms with E-state index in [1.54, 1.807) is 19.1 Å².